The fourth-order valence-corrected chi connectivity index (χ4v) is 3.05. The lowest BCUT2D eigenvalue weighted by atomic mass is 10.1. The maximum absolute atomic E-state index is 12.4. The van der Waals surface area contributed by atoms with E-state index in [1.54, 1.807) is 24.3 Å². The van der Waals surface area contributed by atoms with Crippen molar-refractivity contribution in [1.29, 1.82) is 0 Å². The van der Waals surface area contributed by atoms with Crippen molar-refractivity contribution < 1.29 is 14.0 Å². The van der Waals surface area contributed by atoms with Crippen LogP contribution in [0.25, 0.3) is 11.0 Å². The van der Waals surface area contributed by atoms with E-state index in [0.717, 1.165) is 5.56 Å². The lowest BCUT2D eigenvalue weighted by molar-refractivity contribution is -0.115. The van der Waals surface area contributed by atoms with Crippen LogP contribution in [0.15, 0.2) is 46.9 Å². The zero-order chi connectivity index (χ0) is 19.6. The number of anilines is 1. The smallest absolute Gasteiger partial charge is 0.238 e. The molecule has 0 aliphatic rings. The van der Waals surface area contributed by atoms with Crippen LogP contribution in [0.1, 0.15) is 36.0 Å². The van der Waals surface area contributed by atoms with Crippen molar-refractivity contribution in [3.63, 3.8) is 0 Å². The van der Waals surface area contributed by atoms with Crippen LogP contribution < -0.4 is 10.6 Å². The first kappa shape index (κ1) is 19.4. The van der Waals surface area contributed by atoms with E-state index in [9.17, 15) is 9.59 Å². The number of halogens is 2. The highest BCUT2D eigenvalue weighted by atomic mass is 35.5. The van der Waals surface area contributed by atoms with Gasteiger partial charge in [0.25, 0.3) is 0 Å². The molecule has 3 rings (SSSR count). The Morgan fingerprint density at radius 3 is 2.56 bits per heavy atom. The van der Waals surface area contributed by atoms with Crippen molar-refractivity contribution in [2.45, 2.75) is 19.9 Å². The first-order valence-corrected chi connectivity index (χ1v) is 9.13. The number of Topliss-reactive ketones (excluding diaryl/α,β-unsaturated/α-hetero) is 1. The number of ketones is 1. The third-order valence-electron chi connectivity index (χ3n) is 4.19. The highest BCUT2D eigenvalue weighted by molar-refractivity contribution is 6.42. The van der Waals surface area contributed by atoms with Gasteiger partial charge in [0.15, 0.2) is 11.5 Å². The summed E-state index contributed by atoms with van der Waals surface area (Å²) in [4.78, 5) is 24.3. The van der Waals surface area contributed by atoms with Crippen molar-refractivity contribution >= 4 is 51.5 Å². The van der Waals surface area contributed by atoms with Gasteiger partial charge in [-0.2, -0.15) is 0 Å². The van der Waals surface area contributed by atoms with Crippen LogP contribution in [0, 0.1) is 0 Å². The van der Waals surface area contributed by atoms with Crippen molar-refractivity contribution in [1.82, 2.24) is 5.32 Å². The molecule has 1 atom stereocenters. The van der Waals surface area contributed by atoms with Gasteiger partial charge in [-0.05, 0) is 36.8 Å². The van der Waals surface area contributed by atoms with Crippen molar-refractivity contribution in [2.24, 2.45) is 0 Å². The minimum atomic E-state index is -0.282. The van der Waals surface area contributed by atoms with Crippen LogP contribution in [0.3, 0.4) is 0 Å². The van der Waals surface area contributed by atoms with Gasteiger partial charge in [0.1, 0.15) is 5.58 Å². The predicted octanol–water partition coefficient (Wildman–Crippen LogP) is 5.23. The molecule has 0 saturated carbocycles. The van der Waals surface area contributed by atoms with Gasteiger partial charge in [0.2, 0.25) is 5.91 Å². The topological polar surface area (TPSA) is 71.3 Å². The monoisotopic (exact) mass is 404 g/mol. The summed E-state index contributed by atoms with van der Waals surface area (Å²) in [6.45, 7) is 3.37. The molecule has 5 nitrogen and oxygen atoms in total. The van der Waals surface area contributed by atoms with E-state index in [-0.39, 0.29) is 30.0 Å². The average Bonchev–Trinajstić information content (AvgIpc) is 3.01. The number of rotatable bonds is 6. The zero-order valence-electron chi connectivity index (χ0n) is 14.8. The molecule has 1 unspecified atom stereocenters. The summed E-state index contributed by atoms with van der Waals surface area (Å²) >= 11 is 12.0. The van der Waals surface area contributed by atoms with Gasteiger partial charge in [-0.25, -0.2) is 0 Å². The summed E-state index contributed by atoms with van der Waals surface area (Å²) < 4.78 is 5.57. The normalized spacial score (nSPS) is 12.1. The van der Waals surface area contributed by atoms with Gasteiger partial charge in [-0.15, -0.1) is 0 Å². The molecule has 3 aromatic rings. The summed E-state index contributed by atoms with van der Waals surface area (Å²) in [6, 6.07) is 12.4. The Morgan fingerprint density at radius 1 is 1.11 bits per heavy atom. The van der Waals surface area contributed by atoms with Crippen molar-refractivity contribution in [3.05, 3.63) is 63.8 Å². The summed E-state index contributed by atoms with van der Waals surface area (Å²) in [5.74, 6) is -0.392. The Bertz CT molecular complexity index is 1010. The fraction of sp³-hybridized carbons (Fsp3) is 0.200. The highest BCUT2D eigenvalue weighted by Gasteiger charge is 2.19. The maximum Gasteiger partial charge on any atom is 0.238 e. The Morgan fingerprint density at radius 2 is 1.85 bits per heavy atom. The standard InChI is InChI=1S/C20H18Cl2N2O3/c1-11(13-7-8-15(21)16(22)9-13)23-10-18(26)24-19-14-5-3-4-6-17(14)27-20(19)12(2)25/h3-9,11,23H,10H2,1-2H3,(H,24,26). The number of amides is 1. The van der Waals surface area contributed by atoms with E-state index in [0.29, 0.717) is 26.7 Å². The highest BCUT2D eigenvalue weighted by Crippen LogP contribution is 2.31. The number of carbonyl (C=O) groups excluding carboxylic acids is 2. The molecule has 0 saturated heterocycles. The third kappa shape index (κ3) is 4.33. The van der Waals surface area contributed by atoms with Gasteiger partial charge >= 0.3 is 0 Å². The Labute approximate surface area is 166 Å². The quantitative estimate of drug-likeness (QED) is 0.551. The maximum atomic E-state index is 12.4. The minimum Gasteiger partial charge on any atom is -0.451 e. The van der Waals surface area contributed by atoms with E-state index >= 15 is 0 Å². The number of nitrogens with one attached hydrogen (secondary N) is 2. The molecule has 2 aromatic carbocycles. The molecule has 0 aliphatic heterocycles. The van der Waals surface area contributed by atoms with E-state index in [2.05, 4.69) is 10.6 Å². The Kier molecular flexibility index (Phi) is 5.85. The zero-order valence-corrected chi connectivity index (χ0v) is 16.3. The van der Waals surface area contributed by atoms with Gasteiger partial charge in [-0.3, -0.25) is 9.59 Å². The predicted molar refractivity (Wildman–Crippen MR) is 108 cm³/mol. The molecule has 1 heterocycles. The fourth-order valence-electron chi connectivity index (χ4n) is 2.75. The number of benzene rings is 2. The number of carbonyl (C=O) groups is 2. The molecule has 2 N–H and O–H groups in total. The van der Waals surface area contributed by atoms with E-state index in [4.69, 9.17) is 27.6 Å². The van der Waals surface area contributed by atoms with Crippen LogP contribution in [0.5, 0.6) is 0 Å². The number of para-hydroxylation sites is 1. The van der Waals surface area contributed by atoms with Crippen LogP contribution in [-0.4, -0.2) is 18.2 Å². The molecule has 0 radical (unpaired) electrons. The van der Waals surface area contributed by atoms with Crippen LogP contribution in [-0.2, 0) is 4.79 Å². The molecule has 0 aliphatic carbocycles. The van der Waals surface area contributed by atoms with E-state index in [1.807, 2.05) is 25.1 Å². The van der Waals surface area contributed by atoms with Crippen LogP contribution in [0.4, 0.5) is 5.69 Å². The van der Waals surface area contributed by atoms with Gasteiger partial charge in [0, 0.05) is 18.4 Å². The Hall–Kier alpha value is -2.34. The number of furan rings is 1. The largest absolute Gasteiger partial charge is 0.451 e. The number of hydrogen-bond donors (Lipinski definition) is 2. The molecule has 0 bridgehead atoms. The second-order valence-electron chi connectivity index (χ2n) is 6.18. The molecule has 1 aromatic heterocycles. The van der Waals surface area contributed by atoms with Gasteiger partial charge in [-0.1, -0.05) is 41.4 Å². The summed E-state index contributed by atoms with van der Waals surface area (Å²) in [6.07, 6.45) is 0. The van der Waals surface area contributed by atoms with Crippen molar-refractivity contribution in [3.8, 4) is 0 Å². The molecular formula is C20H18Cl2N2O3. The Balaban J connectivity index is 1.71. The first-order valence-electron chi connectivity index (χ1n) is 8.37. The number of fused-ring (bicyclic) bond motifs is 1. The number of hydrogen-bond acceptors (Lipinski definition) is 4. The van der Waals surface area contributed by atoms with Gasteiger partial charge in [0.05, 0.1) is 22.3 Å². The lowest BCUT2D eigenvalue weighted by Gasteiger charge is -2.15. The van der Waals surface area contributed by atoms with Crippen LogP contribution in [0.2, 0.25) is 10.0 Å². The summed E-state index contributed by atoms with van der Waals surface area (Å²) in [7, 11) is 0. The van der Waals surface area contributed by atoms with Crippen LogP contribution >= 0.6 is 23.2 Å². The summed E-state index contributed by atoms with van der Waals surface area (Å²) in [5, 5.41) is 7.53. The van der Waals surface area contributed by atoms with E-state index < -0.39 is 0 Å². The minimum absolute atomic E-state index is 0.0538. The van der Waals surface area contributed by atoms with Gasteiger partial charge < -0.3 is 15.1 Å². The lowest BCUT2D eigenvalue weighted by Crippen LogP contribution is -2.30. The molecule has 0 spiro atoms. The van der Waals surface area contributed by atoms with Crippen molar-refractivity contribution in [2.75, 3.05) is 11.9 Å². The molecule has 0 fully saturated rings. The summed E-state index contributed by atoms with van der Waals surface area (Å²) in [5.41, 5.74) is 1.86. The second kappa shape index (κ2) is 8.13. The molecule has 140 valence electrons. The third-order valence-corrected chi connectivity index (χ3v) is 4.93. The molecular weight excluding hydrogens is 387 g/mol. The first-order chi connectivity index (χ1) is 12.9. The molecule has 1 amide bonds. The molecule has 27 heavy (non-hydrogen) atoms. The van der Waals surface area contributed by atoms with E-state index in [1.165, 1.54) is 6.92 Å². The SMILES string of the molecule is CC(=O)c1oc2ccccc2c1NC(=O)CNC(C)c1ccc(Cl)c(Cl)c1. The second-order valence-corrected chi connectivity index (χ2v) is 7.00. The average molecular weight is 405 g/mol. The molecule has 7 heteroatoms.